The van der Waals surface area contributed by atoms with E-state index in [1.165, 1.54) is 11.1 Å². The van der Waals surface area contributed by atoms with Crippen molar-refractivity contribution in [1.29, 1.82) is 0 Å². The van der Waals surface area contributed by atoms with E-state index in [4.69, 9.17) is 0 Å². The van der Waals surface area contributed by atoms with Crippen molar-refractivity contribution in [3.05, 3.63) is 58.2 Å². The number of piperazine rings is 1. The van der Waals surface area contributed by atoms with Crippen LogP contribution in [0.5, 0.6) is 0 Å². The van der Waals surface area contributed by atoms with E-state index in [1.54, 1.807) is 13.8 Å². The number of benzene rings is 1. The number of alkyl halides is 3. The van der Waals surface area contributed by atoms with Crippen LogP contribution in [0.1, 0.15) is 40.3 Å². The Kier molecular flexibility index (Phi) is 6.38. The van der Waals surface area contributed by atoms with Gasteiger partial charge in [-0.2, -0.15) is 18.2 Å². The highest BCUT2D eigenvalue weighted by Crippen LogP contribution is 2.27. The molecule has 1 amide bonds. The van der Waals surface area contributed by atoms with Gasteiger partial charge in [0.1, 0.15) is 0 Å². The van der Waals surface area contributed by atoms with Crippen LogP contribution >= 0.6 is 0 Å². The Hall–Kier alpha value is -3.01. The van der Waals surface area contributed by atoms with Crippen molar-refractivity contribution < 1.29 is 18.0 Å². The van der Waals surface area contributed by atoms with Crippen LogP contribution in [-0.2, 0) is 23.9 Å². The number of amides is 1. The molecule has 10 heteroatoms. The molecule has 2 aromatic heterocycles. The average molecular weight is 461 g/mol. The Bertz CT molecular complexity index is 1160. The first-order chi connectivity index (χ1) is 15.6. The van der Waals surface area contributed by atoms with Crippen LogP contribution in [0.4, 0.5) is 13.2 Å². The summed E-state index contributed by atoms with van der Waals surface area (Å²) in [7, 11) is 0. The van der Waals surface area contributed by atoms with Crippen molar-refractivity contribution in [2.24, 2.45) is 0 Å². The van der Waals surface area contributed by atoms with Gasteiger partial charge in [-0.25, -0.2) is 9.50 Å². The number of carbonyl (C=O) groups excluding carboxylic acids is 1. The first-order valence-corrected chi connectivity index (χ1v) is 11.0. The highest BCUT2D eigenvalue weighted by atomic mass is 19.4. The highest BCUT2D eigenvalue weighted by Gasteiger charge is 2.37. The van der Waals surface area contributed by atoms with Crippen LogP contribution in [0.15, 0.2) is 24.3 Å². The average Bonchev–Trinajstić information content (AvgIpc) is 3.19. The molecular weight excluding hydrogens is 433 g/mol. The number of nitrogens with zero attached hydrogens (tertiary/aromatic N) is 6. The third kappa shape index (κ3) is 5.16. The van der Waals surface area contributed by atoms with Crippen molar-refractivity contribution in [2.45, 2.75) is 46.3 Å². The zero-order chi connectivity index (χ0) is 23.8. The number of hydrogen-bond acceptors (Lipinski definition) is 5. The lowest BCUT2D eigenvalue weighted by atomic mass is 10.1. The monoisotopic (exact) mass is 460 g/mol. The maximum absolute atomic E-state index is 13.0. The zero-order valence-corrected chi connectivity index (χ0v) is 19.0. The van der Waals surface area contributed by atoms with Crippen LogP contribution in [0.25, 0.3) is 5.78 Å². The molecule has 3 heterocycles. The SMILES string of the molecule is Cc1cccc(CN2CCN(C(=O)CCc3c(C)nc4nc(C(F)(F)F)nn4c3C)CC2)c1. The summed E-state index contributed by atoms with van der Waals surface area (Å²) >= 11 is 0. The summed E-state index contributed by atoms with van der Waals surface area (Å²) in [6, 6.07) is 8.44. The van der Waals surface area contributed by atoms with E-state index in [9.17, 15) is 18.0 Å². The van der Waals surface area contributed by atoms with E-state index in [-0.39, 0.29) is 18.1 Å². The maximum atomic E-state index is 13.0. The van der Waals surface area contributed by atoms with Crippen LogP contribution < -0.4 is 0 Å². The number of carbonyl (C=O) groups is 1. The third-order valence-electron chi connectivity index (χ3n) is 6.11. The molecule has 3 aromatic rings. The van der Waals surface area contributed by atoms with Crippen molar-refractivity contribution in [3.63, 3.8) is 0 Å². The van der Waals surface area contributed by atoms with Gasteiger partial charge in [-0.3, -0.25) is 9.69 Å². The summed E-state index contributed by atoms with van der Waals surface area (Å²) in [5.74, 6) is -1.26. The van der Waals surface area contributed by atoms with Crippen LogP contribution in [0.3, 0.4) is 0 Å². The van der Waals surface area contributed by atoms with E-state index in [0.717, 1.165) is 29.7 Å². The minimum Gasteiger partial charge on any atom is -0.340 e. The smallest absolute Gasteiger partial charge is 0.340 e. The van der Waals surface area contributed by atoms with Gasteiger partial charge in [0.2, 0.25) is 5.91 Å². The van der Waals surface area contributed by atoms with Crippen molar-refractivity contribution in [1.82, 2.24) is 29.4 Å². The summed E-state index contributed by atoms with van der Waals surface area (Å²) in [4.78, 5) is 24.7. The van der Waals surface area contributed by atoms with Gasteiger partial charge in [-0.15, -0.1) is 5.10 Å². The van der Waals surface area contributed by atoms with Gasteiger partial charge in [0.05, 0.1) is 0 Å². The summed E-state index contributed by atoms with van der Waals surface area (Å²) in [5, 5.41) is 3.57. The molecule has 1 aliphatic rings. The summed E-state index contributed by atoms with van der Waals surface area (Å²) in [5.41, 5.74) is 4.33. The number of halogens is 3. The third-order valence-corrected chi connectivity index (χ3v) is 6.11. The van der Waals surface area contributed by atoms with Gasteiger partial charge in [0.25, 0.3) is 11.6 Å². The van der Waals surface area contributed by atoms with Gasteiger partial charge >= 0.3 is 6.18 Å². The van der Waals surface area contributed by atoms with Gasteiger partial charge in [-0.05, 0) is 38.3 Å². The molecule has 0 spiro atoms. The van der Waals surface area contributed by atoms with Crippen LogP contribution in [-0.4, -0.2) is 61.5 Å². The molecule has 7 nitrogen and oxygen atoms in total. The molecule has 0 bridgehead atoms. The van der Waals surface area contributed by atoms with E-state index in [1.807, 2.05) is 4.90 Å². The largest absolute Gasteiger partial charge is 0.453 e. The second-order valence-electron chi connectivity index (χ2n) is 8.55. The molecule has 0 aliphatic carbocycles. The molecule has 1 aromatic carbocycles. The molecule has 0 saturated carbocycles. The van der Waals surface area contributed by atoms with Gasteiger partial charge in [0, 0.05) is 50.5 Å². The fourth-order valence-corrected chi connectivity index (χ4v) is 4.30. The molecular formula is C23H27F3N6O. The molecule has 4 rings (SSSR count). The first-order valence-electron chi connectivity index (χ1n) is 11.0. The van der Waals surface area contributed by atoms with Crippen molar-refractivity contribution >= 4 is 11.7 Å². The fraction of sp³-hybridized carbons (Fsp3) is 0.478. The number of rotatable bonds is 5. The lowest BCUT2D eigenvalue weighted by Gasteiger charge is -2.35. The standard InChI is InChI=1S/C23H27F3N6O/c1-15-5-4-6-18(13-15)14-30-9-11-31(12-10-30)20(33)8-7-19-16(2)27-22-28-21(23(24,25)26)29-32(22)17(19)3/h4-6,13H,7-12,14H2,1-3H3. The predicted molar refractivity (Wildman–Crippen MR) is 117 cm³/mol. The van der Waals surface area contributed by atoms with Gasteiger partial charge < -0.3 is 4.90 Å². The normalized spacial score (nSPS) is 15.4. The summed E-state index contributed by atoms with van der Waals surface area (Å²) in [6.45, 7) is 9.30. The molecule has 33 heavy (non-hydrogen) atoms. The zero-order valence-electron chi connectivity index (χ0n) is 19.0. The minimum atomic E-state index is -4.63. The number of hydrogen-bond donors (Lipinski definition) is 0. The van der Waals surface area contributed by atoms with Gasteiger partial charge in [0.15, 0.2) is 0 Å². The lowest BCUT2D eigenvalue weighted by molar-refractivity contribution is -0.144. The topological polar surface area (TPSA) is 66.6 Å². The van der Waals surface area contributed by atoms with Crippen LogP contribution in [0, 0.1) is 20.8 Å². The molecule has 176 valence electrons. The first kappa shape index (κ1) is 23.2. The molecule has 1 fully saturated rings. The lowest BCUT2D eigenvalue weighted by Crippen LogP contribution is -2.48. The Labute approximate surface area is 190 Å². The Balaban J connectivity index is 1.36. The Morgan fingerprint density at radius 2 is 1.79 bits per heavy atom. The van der Waals surface area contributed by atoms with Crippen molar-refractivity contribution in [3.8, 4) is 0 Å². The second-order valence-corrected chi connectivity index (χ2v) is 8.55. The van der Waals surface area contributed by atoms with E-state index in [2.05, 4.69) is 51.2 Å². The quantitative estimate of drug-likeness (QED) is 0.584. The summed E-state index contributed by atoms with van der Waals surface area (Å²) in [6.07, 6.45) is -3.97. The van der Waals surface area contributed by atoms with Crippen molar-refractivity contribution in [2.75, 3.05) is 26.2 Å². The minimum absolute atomic E-state index is 0.0404. The Morgan fingerprint density at radius 3 is 2.45 bits per heavy atom. The number of fused-ring (bicyclic) bond motifs is 1. The fourth-order valence-electron chi connectivity index (χ4n) is 4.30. The Morgan fingerprint density at radius 1 is 1.06 bits per heavy atom. The molecule has 0 radical (unpaired) electrons. The van der Waals surface area contributed by atoms with Gasteiger partial charge in [-0.1, -0.05) is 29.8 Å². The highest BCUT2D eigenvalue weighted by molar-refractivity contribution is 5.76. The van der Waals surface area contributed by atoms with E-state index in [0.29, 0.717) is 30.9 Å². The van der Waals surface area contributed by atoms with E-state index >= 15 is 0 Å². The molecule has 1 aliphatic heterocycles. The molecule has 1 saturated heterocycles. The summed E-state index contributed by atoms with van der Waals surface area (Å²) < 4.78 is 40.0. The van der Waals surface area contributed by atoms with E-state index < -0.39 is 12.0 Å². The molecule has 0 unspecified atom stereocenters. The number of aryl methyl sites for hydroxylation is 3. The van der Waals surface area contributed by atoms with Crippen LogP contribution in [0.2, 0.25) is 0 Å². The second kappa shape index (κ2) is 9.09. The maximum Gasteiger partial charge on any atom is 0.453 e. The molecule has 0 atom stereocenters. The number of aromatic nitrogens is 4. The molecule has 0 N–H and O–H groups in total. The predicted octanol–water partition coefficient (Wildman–Crippen LogP) is 3.35.